The number of benzene rings is 2. The number of carbonyl (C=O) groups excluding carboxylic acids is 3. The van der Waals surface area contributed by atoms with Gasteiger partial charge in [-0.1, -0.05) is 25.3 Å². The van der Waals surface area contributed by atoms with Crippen molar-refractivity contribution in [2.45, 2.75) is 38.1 Å². The molecule has 2 aliphatic rings. The lowest BCUT2D eigenvalue weighted by Crippen LogP contribution is -2.47. The number of halogens is 2. The number of hydrogen-bond donors (Lipinski definition) is 0. The minimum absolute atomic E-state index is 0.282. The van der Waals surface area contributed by atoms with Crippen LogP contribution < -0.4 is 15.5 Å². The van der Waals surface area contributed by atoms with E-state index in [4.69, 9.17) is 0 Å². The summed E-state index contributed by atoms with van der Waals surface area (Å²) in [5.74, 6) is -2.05. The Labute approximate surface area is 222 Å². The highest BCUT2D eigenvalue weighted by atomic mass is 19.1. The van der Waals surface area contributed by atoms with E-state index in [0.29, 0.717) is 71.6 Å². The van der Waals surface area contributed by atoms with Gasteiger partial charge in [-0.15, -0.1) is 4.68 Å². The van der Waals surface area contributed by atoms with Gasteiger partial charge in [0.1, 0.15) is 5.69 Å². The number of piperazine rings is 1. The molecule has 1 saturated carbocycles. The van der Waals surface area contributed by atoms with Gasteiger partial charge in [-0.05, 0) is 53.6 Å². The van der Waals surface area contributed by atoms with Crippen LogP contribution in [0.4, 0.5) is 25.0 Å². The number of nitrogens with zero attached hydrogens (tertiary/aromatic N) is 7. The topological polar surface area (TPSA) is 114 Å². The molecule has 0 N–H and O–H groups in total. The molecule has 0 radical (unpaired) electrons. The third-order valence-corrected chi connectivity index (χ3v) is 7.28. The second-order valence-corrected chi connectivity index (χ2v) is 9.59. The molecule has 0 spiro atoms. The molecule has 1 aliphatic carbocycles. The van der Waals surface area contributed by atoms with Crippen LogP contribution in [-0.4, -0.2) is 75.6 Å². The van der Waals surface area contributed by atoms with Gasteiger partial charge in [0.2, 0.25) is 6.41 Å². The maximum Gasteiger partial charge on any atom is 0.377 e. The lowest BCUT2D eigenvalue weighted by atomic mass is 9.93. The zero-order valence-corrected chi connectivity index (χ0v) is 21.1. The SMILES string of the molecule is O=Cc1cc(N(C(=O)n2nnn(-c3c(F)cccc3F)c2=O)C2CCCCC2)ccc1N1CCN(C=O)CC1. The molecule has 0 atom stereocenters. The van der Waals surface area contributed by atoms with E-state index in [0.717, 1.165) is 43.9 Å². The van der Waals surface area contributed by atoms with Gasteiger partial charge >= 0.3 is 11.7 Å². The lowest BCUT2D eigenvalue weighted by molar-refractivity contribution is -0.118. The number of rotatable bonds is 6. The molecule has 0 unspecified atom stereocenters. The molecule has 2 amide bonds. The Balaban J connectivity index is 1.52. The fraction of sp³-hybridized carbons (Fsp3) is 0.385. The number of carbonyl (C=O) groups is 3. The zero-order valence-electron chi connectivity index (χ0n) is 21.1. The molecule has 1 saturated heterocycles. The van der Waals surface area contributed by atoms with Crippen molar-refractivity contribution in [2.24, 2.45) is 0 Å². The summed E-state index contributed by atoms with van der Waals surface area (Å²) in [5, 5.41) is 7.22. The summed E-state index contributed by atoms with van der Waals surface area (Å²) in [4.78, 5) is 55.1. The Morgan fingerprint density at radius 2 is 1.64 bits per heavy atom. The number of amides is 2. The average Bonchev–Trinajstić information content (AvgIpc) is 3.34. The van der Waals surface area contributed by atoms with Crippen LogP contribution in [0.2, 0.25) is 0 Å². The largest absolute Gasteiger partial charge is 0.377 e. The molecule has 2 aromatic carbocycles. The summed E-state index contributed by atoms with van der Waals surface area (Å²) in [6, 6.07) is 7.01. The van der Waals surface area contributed by atoms with Crippen molar-refractivity contribution in [1.82, 2.24) is 24.7 Å². The van der Waals surface area contributed by atoms with Crippen LogP contribution in [0.5, 0.6) is 0 Å². The van der Waals surface area contributed by atoms with E-state index in [9.17, 15) is 28.0 Å². The highest BCUT2D eigenvalue weighted by Crippen LogP contribution is 2.32. The molecule has 5 rings (SSSR count). The van der Waals surface area contributed by atoms with E-state index in [1.54, 1.807) is 23.1 Å². The smallest absolute Gasteiger partial charge is 0.367 e. The van der Waals surface area contributed by atoms with E-state index >= 15 is 0 Å². The number of para-hydroxylation sites is 1. The molecule has 204 valence electrons. The molecule has 2 fully saturated rings. The van der Waals surface area contributed by atoms with Crippen molar-refractivity contribution in [3.63, 3.8) is 0 Å². The summed E-state index contributed by atoms with van der Waals surface area (Å²) < 4.78 is 29.6. The minimum atomic E-state index is -1.12. The predicted molar refractivity (Wildman–Crippen MR) is 137 cm³/mol. The minimum Gasteiger partial charge on any atom is -0.367 e. The molecule has 0 bridgehead atoms. The fourth-order valence-electron chi connectivity index (χ4n) is 5.26. The number of aromatic nitrogens is 4. The van der Waals surface area contributed by atoms with Crippen LogP contribution in [0.25, 0.3) is 5.69 Å². The molecule has 1 aromatic heterocycles. The van der Waals surface area contributed by atoms with Gasteiger partial charge in [0.05, 0.1) is 0 Å². The van der Waals surface area contributed by atoms with E-state index in [1.807, 2.05) is 4.90 Å². The molecule has 11 nitrogen and oxygen atoms in total. The maximum atomic E-state index is 14.3. The van der Waals surface area contributed by atoms with Gasteiger partial charge in [-0.2, -0.15) is 4.68 Å². The van der Waals surface area contributed by atoms with Crippen LogP contribution in [0.3, 0.4) is 0 Å². The van der Waals surface area contributed by atoms with Crippen molar-refractivity contribution >= 4 is 30.1 Å². The molecular weight excluding hydrogens is 512 g/mol. The van der Waals surface area contributed by atoms with Crippen molar-refractivity contribution in [2.75, 3.05) is 36.0 Å². The first-order valence-corrected chi connectivity index (χ1v) is 12.8. The first-order chi connectivity index (χ1) is 18.9. The van der Waals surface area contributed by atoms with E-state index < -0.39 is 29.0 Å². The first-order valence-electron chi connectivity index (χ1n) is 12.8. The van der Waals surface area contributed by atoms with Crippen LogP contribution in [0, 0.1) is 11.6 Å². The summed E-state index contributed by atoms with van der Waals surface area (Å²) in [7, 11) is 0. The van der Waals surface area contributed by atoms with Gasteiger partial charge in [-0.3, -0.25) is 14.5 Å². The Morgan fingerprint density at radius 1 is 0.949 bits per heavy atom. The predicted octanol–water partition coefficient (Wildman–Crippen LogP) is 2.61. The molecule has 39 heavy (non-hydrogen) atoms. The molecule has 3 aromatic rings. The highest BCUT2D eigenvalue weighted by Gasteiger charge is 2.32. The van der Waals surface area contributed by atoms with E-state index in [1.165, 1.54) is 4.90 Å². The van der Waals surface area contributed by atoms with Crippen molar-refractivity contribution in [3.8, 4) is 5.69 Å². The summed E-state index contributed by atoms with van der Waals surface area (Å²) >= 11 is 0. The molecular formula is C26H27F2N7O4. The van der Waals surface area contributed by atoms with Crippen molar-refractivity contribution < 1.29 is 23.2 Å². The number of anilines is 2. The van der Waals surface area contributed by atoms with E-state index in [-0.39, 0.29) is 6.04 Å². The van der Waals surface area contributed by atoms with Gasteiger partial charge < -0.3 is 9.80 Å². The quantitative estimate of drug-likeness (QED) is 0.350. The Morgan fingerprint density at radius 3 is 2.28 bits per heavy atom. The zero-order chi connectivity index (χ0) is 27.5. The highest BCUT2D eigenvalue weighted by molar-refractivity contribution is 5.96. The number of aldehydes is 1. The summed E-state index contributed by atoms with van der Waals surface area (Å²) in [5.41, 5.74) is -0.431. The number of hydrogen-bond acceptors (Lipinski definition) is 7. The third-order valence-electron chi connectivity index (χ3n) is 7.28. The molecule has 1 aliphatic heterocycles. The van der Waals surface area contributed by atoms with Gasteiger partial charge in [-0.25, -0.2) is 18.4 Å². The van der Waals surface area contributed by atoms with Gasteiger partial charge in [0.25, 0.3) is 0 Å². The summed E-state index contributed by atoms with van der Waals surface area (Å²) in [6.45, 7) is 2.15. The van der Waals surface area contributed by atoms with Gasteiger partial charge in [0, 0.05) is 49.2 Å². The van der Waals surface area contributed by atoms with Crippen LogP contribution >= 0.6 is 0 Å². The Hall–Kier alpha value is -4.42. The average molecular weight is 540 g/mol. The van der Waals surface area contributed by atoms with Crippen molar-refractivity contribution in [1.29, 1.82) is 0 Å². The Kier molecular flexibility index (Phi) is 7.48. The molecule has 13 heteroatoms. The number of tetrazole rings is 1. The Bertz CT molecular complexity index is 1420. The fourth-order valence-corrected chi connectivity index (χ4v) is 5.26. The molecule has 2 heterocycles. The van der Waals surface area contributed by atoms with E-state index in [2.05, 4.69) is 10.4 Å². The second-order valence-electron chi connectivity index (χ2n) is 9.59. The first kappa shape index (κ1) is 26.2. The van der Waals surface area contributed by atoms with Gasteiger partial charge in [0.15, 0.2) is 17.9 Å². The maximum absolute atomic E-state index is 14.3. The van der Waals surface area contributed by atoms with Crippen molar-refractivity contribution in [3.05, 3.63) is 64.1 Å². The van der Waals surface area contributed by atoms with Crippen LogP contribution in [-0.2, 0) is 4.79 Å². The standard InChI is InChI=1S/C26H27F2N7O4/c27-21-7-4-8-22(28)24(21)34-26(39)35(30-29-34)25(38)33(19-5-2-1-3-6-19)20-9-10-23(18(15-20)16-36)32-13-11-31(17-37)12-14-32/h4,7-10,15-17,19H,1-3,5-6,11-14H2. The normalized spacial score (nSPS) is 16.3. The van der Waals surface area contributed by atoms with Crippen LogP contribution in [0.1, 0.15) is 42.5 Å². The van der Waals surface area contributed by atoms with Crippen LogP contribution in [0.15, 0.2) is 41.2 Å². The summed E-state index contributed by atoms with van der Waals surface area (Å²) in [6.07, 6.45) is 5.59. The third kappa shape index (κ3) is 5.03. The monoisotopic (exact) mass is 539 g/mol. The lowest BCUT2D eigenvalue weighted by Gasteiger charge is -2.36. The second kappa shape index (κ2) is 11.1.